The largest absolute Gasteiger partial charge is 0.454 e. The lowest BCUT2D eigenvalue weighted by molar-refractivity contribution is 0.101. The fourth-order valence-corrected chi connectivity index (χ4v) is 3.57. The smallest absolute Gasteiger partial charge is 0.261 e. The molecule has 0 unspecified atom stereocenters. The lowest BCUT2D eigenvalue weighted by Crippen LogP contribution is -2.15. The van der Waals surface area contributed by atoms with Gasteiger partial charge in [-0.05, 0) is 59.8 Å². The van der Waals surface area contributed by atoms with Crippen molar-refractivity contribution in [1.82, 2.24) is 0 Å². The Kier molecular flexibility index (Phi) is 4.19. The molecule has 2 aromatic carbocycles. The van der Waals surface area contributed by atoms with Crippen LogP contribution in [0, 0.1) is 3.57 Å². The molecule has 1 heterocycles. The van der Waals surface area contributed by atoms with Gasteiger partial charge in [-0.25, -0.2) is 8.42 Å². The minimum Gasteiger partial charge on any atom is -0.454 e. The second-order valence-corrected chi connectivity index (χ2v) is 7.79. The highest BCUT2D eigenvalue weighted by Gasteiger charge is 2.23. The molecular weight excluding hydrogens is 433 g/mol. The third kappa shape index (κ3) is 3.27. The third-order valence-corrected chi connectivity index (χ3v) is 5.36. The van der Waals surface area contributed by atoms with Gasteiger partial charge >= 0.3 is 0 Å². The first-order valence-electron chi connectivity index (χ1n) is 6.60. The molecule has 1 aliphatic rings. The van der Waals surface area contributed by atoms with Crippen molar-refractivity contribution >= 4 is 44.1 Å². The normalized spacial score (nSPS) is 13.0. The molecule has 1 N–H and O–H groups in total. The molecule has 23 heavy (non-hydrogen) atoms. The van der Waals surface area contributed by atoms with E-state index in [1.165, 1.54) is 31.2 Å². The van der Waals surface area contributed by atoms with Crippen LogP contribution in [-0.2, 0) is 10.0 Å². The number of benzene rings is 2. The van der Waals surface area contributed by atoms with Gasteiger partial charge in [-0.1, -0.05) is 0 Å². The molecule has 0 saturated carbocycles. The van der Waals surface area contributed by atoms with Crippen LogP contribution in [0.4, 0.5) is 5.69 Å². The third-order valence-electron chi connectivity index (χ3n) is 3.26. The summed E-state index contributed by atoms with van der Waals surface area (Å²) in [6.07, 6.45) is 0. The Hall–Kier alpha value is -1.81. The molecule has 0 aliphatic carbocycles. The van der Waals surface area contributed by atoms with E-state index in [1.807, 2.05) is 0 Å². The molecule has 0 bridgehead atoms. The second kappa shape index (κ2) is 6.00. The van der Waals surface area contributed by atoms with E-state index in [0.717, 1.165) is 3.57 Å². The van der Waals surface area contributed by atoms with Crippen molar-refractivity contribution in [3.63, 3.8) is 0 Å². The standard InChI is InChI=1S/C15H12INO5S/c1-9(18)12-6-14-15(22-8-21-14)7-13(12)17-23(19,20)11-4-2-10(16)3-5-11/h2-7,17H,8H2,1H3. The number of carbonyl (C=O) groups is 1. The van der Waals surface area contributed by atoms with Gasteiger partial charge in [0.15, 0.2) is 17.3 Å². The molecule has 0 amide bonds. The van der Waals surface area contributed by atoms with Crippen LogP contribution < -0.4 is 14.2 Å². The number of fused-ring (bicyclic) bond motifs is 1. The number of ketones is 1. The first kappa shape index (κ1) is 16.1. The van der Waals surface area contributed by atoms with Crippen LogP contribution in [0.1, 0.15) is 17.3 Å². The van der Waals surface area contributed by atoms with Crippen molar-refractivity contribution in [2.45, 2.75) is 11.8 Å². The summed E-state index contributed by atoms with van der Waals surface area (Å²) >= 11 is 2.09. The zero-order valence-electron chi connectivity index (χ0n) is 12.0. The molecule has 0 atom stereocenters. The lowest BCUT2D eigenvalue weighted by Gasteiger charge is -2.12. The molecule has 6 nitrogen and oxygen atoms in total. The number of sulfonamides is 1. The first-order chi connectivity index (χ1) is 10.9. The summed E-state index contributed by atoms with van der Waals surface area (Å²) in [7, 11) is -3.81. The van der Waals surface area contributed by atoms with Gasteiger partial charge < -0.3 is 9.47 Å². The quantitative estimate of drug-likeness (QED) is 0.578. The molecule has 2 aromatic rings. The number of hydrogen-bond donors (Lipinski definition) is 1. The topological polar surface area (TPSA) is 81.7 Å². The van der Waals surface area contributed by atoms with E-state index in [9.17, 15) is 13.2 Å². The van der Waals surface area contributed by atoms with E-state index in [-0.39, 0.29) is 28.7 Å². The zero-order valence-corrected chi connectivity index (χ0v) is 15.0. The lowest BCUT2D eigenvalue weighted by atomic mass is 10.1. The van der Waals surface area contributed by atoms with Crippen LogP contribution in [0.5, 0.6) is 11.5 Å². The summed E-state index contributed by atoms with van der Waals surface area (Å²) < 4.78 is 38.8. The Balaban J connectivity index is 2.02. The molecule has 0 fully saturated rings. The van der Waals surface area contributed by atoms with Crippen LogP contribution in [0.25, 0.3) is 0 Å². The summed E-state index contributed by atoms with van der Waals surface area (Å²) in [5.41, 5.74) is 0.392. The Morgan fingerprint density at radius 1 is 1.13 bits per heavy atom. The van der Waals surface area contributed by atoms with Gasteiger partial charge in [0.25, 0.3) is 10.0 Å². The molecule has 0 radical (unpaired) electrons. The summed E-state index contributed by atoms with van der Waals surface area (Å²) in [6, 6.07) is 9.34. The number of halogens is 1. The maximum atomic E-state index is 12.5. The van der Waals surface area contributed by atoms with E-state index in [0.29, 0.717) is 11.5 Å². The number of hydrogen-bond acceptors (Lipinski definition) is 5. The average molecular weight is 445 g/mol. The molecule has 8 heteroatoms. The molecule has 3 rings (SSSR count). The van der Waals surface area contributed by atoms with Gasteiger partial charge in [-0.2, -0.15) is 0 Å². The van der Waals surface area contributed by atoms with Crippen molar-refractivity contribution in [3.8, 4) is 11.5 Å². The average Bonchev–Trinajstić information content (AvgIpc) is 2.93. The van der Waals surface area contributed by atoms with E-state index >= 15 is 0 Å². The molecule has 120 valence electrons. The fourth-order valence-electron chi connectivity index (χ4n) is 2.14. The number of Topliss-reactive ketones (excluding diaryl/α,β-unsaturated/α-hetero) is 1. The van der Waals surface area contributed by atoms with Crippen LogP contribution in [0.15, 0.2) is 41.3 Å². The minimum atomic E-state index is -3.81. The van der Waals surface area contributed by atoms with Gasteiger partial charge in [0, 0.05) is 15.2 Å². The minimum absolute atomic E-state index is 0.0417. The molecule has 0 saturated heterocycles. The van der Waals surface area contributed by atoms with E-state index in [4.69, 9.17) is 9.47 Å². The Labute approximate surface area is 147 Å². The summed E-state index contributed by atoms with van der Waals surface area (Å²) in [4.78, 5) is 11.9. The SMILES string of the molecule is CC(=O)c1cc2c(cc1NS(=O)(=O)c1ccc(I)cc1)OCO2. The van der Waals surface area contributed by atoms with E-state index in [2.05, 4.69) is 27.3 Å². The van der Waals surface area contributed by atoms with Crippen LogP contribution in [0.3, 0.4) is 0 Å². The molecule has 1 aliphatic heterocycles. The number of carbonyl (C=O) groups excluding carboxylic acids is 1. The number of ether oxygens (including phenoxy) is 2. The number of rotatable bonds is 4. The maximum Gasteiger partial charge on any atom is 0.261 e. The van der Waals surface area contributed by atoms with Crippen LogP contribution in [0.2, 0.25) is 0 Å². The van der Waals surface area contributed by atoms with Gasteiger partial charge in [0.2, 0.25) is 6.79 Å². The highest BCUT2D eigenvalue weighted by Crippen LogP contribution is 2.38. The Morgan fingerprint density at radius 2 is 1.74 bits per heavy atom. The zero-order chi connectivity index (χ0) is 16.6. The highest BCUT2D eigenvalue weighted by atomic mass is 127. The summed E-state index contributed by atoms with van der Waals surface area (Å²) in [5.74, 6) is 0.548. The van der Waals surface area contributed by atoms with Crippen LogP contribution in [-0.4, -0.2) is 21.0 Å². The van der Waals surface area contributed by atoms with Gasteiger partial charge in [0.1, 0.15) is 0 Å². The predicted molar refractivity (Wildman–Crippen MR) is 92.5 cm³/mol. The predicted octanol–water partition coefficient (Wildman–Crippen LogP) is 3.02. The highest BCUT2D eigenvalue weighted by molar-refractivity contribution is 14.1. The van der Waals surface area contributed by atoms with Crippen LogP contribution >= 0.6 is 22.6 Å². The number of nitrogens with one attached hydrogen (secondary N) is 1. The molecular formula is C15H12INO5S. The summed E-state index contributed by atoms with van der Waals surface area (Å²) in [5, 5.41) is 0. The van der Waals surface area contributed by atoms with Crippen molar-refractivity contribution < 1.29 is 22.7 Å². The first-order valence-corrected chi connectivity index (χ1v) is 9.16. The monoisotopic (exact) mass is 445 g/mol. The molecule has 0 spiro atoms. The fraction of sp³-hybridized carbons (Fsp3) is 0.133. The number of anilines is 1. The van der Waals surface area contributed by atoms with E-state index < -0.39 is 10.0 Å². The van der Waals surface area contributed by atoms with Crippen molar-refractivity contribution in [2.24, 2.45) is 0 Å². The maximum absolute atomic E-state index is 12.5. The van der Waals surface area contributed by atoms with E-state index in [1.54, 1.807) is 12.1 Å². The van der Waals surface area contributed by atoms with Gasteiger partial charge in [0.05, 0.1) is 10.6 Å². The summed E-state index contributed by atoms with van der Waals surface area (Å²) in [6.45, 7) is 1.40. The van der Waals surface area contributed by atoms with Crippen molar-refractivity contribution in [1.29, 1.82) is 0 Å². The Morgan fingerprint density at radius 3 is 2.35 bits per heavy atom. The Bertz CT molecular complexity index is 877. The van der Waals surface area contributed by atoms with Crippen molar-refractivity contribution in [2.75, 3.05) is 11.5 Å². The second-order valence-electron chi connectivity index (χ2n) is 4.87. The van der Waals surface area contributed by atoms with Crippen molar-refractivity contribution in [3.05, 3.63) is 45.5 Å². The molecule has 0 aromatic heterocycles. The van der Waals surface area contributed by atoms with Gasteiger partial charge in [-0.3, -0.25) is 9.52 Å². The van der Waals surface area contributed by atoms with Gasteiger partial charge in [-0.15, -0.1) is 0 Å².